The van der Waals surface area contributed by atoms with Gasteiger partial charge in [0.1, 0.15) is 0 Å². The number of hydrogen-bond donors (Lipinski definition) is 1. The molecule has 0 bridgehead atoms. The van der Waals surface area contributed by atoms with Crippen molar-refractivity contribution in [1.82, 2.24) is 15.1 Å². The summed E-state index contributed by atoms with van der Waals surface area (Å²) < 4.78 is 1.83. The molecule has 1 N–H and O–H groups in total. The number of nitrogens with one attached hydrogen (secondary N) is 1. The van der Waals surface area contributed by atoms with Gasteiger partial charge in [0, 0.05) is 30.2 Å². The normalized spacial score (nSPS) is 18.4. The summed E-state index contributed by atoms with van der Waals surface area (Å²) >= 11 is 0. The van der Waals surface area contributed by atoms with Crippen molar-refractivity contribution in [2.24, 2.45) is 0 Å². The predicted molar refractivity (Wildman–Crippen MR) is 82.3 cm³/mol. The molecule has 21 heavy (non-hydrogen) atoms. The Morgan fingerprint density at radius 2 is 2.24 bits per heavy atom. The van der Waals surface area contributed by atoms with Gasteiger partial charge in [0.25, 0.3) is 0 Å². The zero-order valence-corrected chi connectivity index (χ0v) is 12.4. The van der Waals surface area contributed by atoms with Crippen LogP contribution < -0.4 is 10.2 Å². The Morgan fingerprint density at radius 3 is 3.00 bits per heavy atom. The monoisotopic (exact) mass is 284 g/mol. The highest BCUT2D eigenvalue weighted by molar-refractivity contribution is 5.95. The van der Waals surface area contributed by atoms with Gasteiger partial charge >= 0.3 is 6.03 Å². The number of fused-ring (bicyclic) bond motifs is 1. The van der Waals surface area contributed by atoms with Crippen LogP contribution >= 0.6 is 0 Å². The van der Waals surface area contributed by atoms with Crippen molar-refractivity contribution in [2.75, 3.05) is 4.90 Å². The van der Waals surface area contributed by atoms with Gasteiger partial charge in [-0.2, -0.15) is 5.10 Å². The Bertz CT molecular complexity index is 623. The maximum atomic E-state index is 12.5. The van der Waals surface area contributed by atoms with Gasteiger partial charge in [-0.3, -0.25) is 9.58 Å². The number of amides is 2. The molecule has 0 radical (unpaired) electrons. The SMILES string of the molecule is C[C@H](Cn1cccn1)NC(=O)N1c2ccccc2C[C@@H]1C. The van der Waals surface area contributed by atoms with Gasteiger partial charge in [0.05, 0.1) is 6.54 Å². The average molecular weight is 284 g/mol. The van der Waals surface area contributed by atoms with Gasteiger partial charge in [0.15, 0.2) is 0 Å². The van der Waals surface area contributed by atoms with Gasteiger partial charge < -0.3 is 5.32 Å². The molecule has 2 amide bonds. The molecule has 2 heterocycles. The first-order valence-corrected chi connectivity index (χ1v) is 7.30. The van der Waals surface area contributed by atoms with Crippen LogP contribution in [0.15, 0.2) is 42.7 Å². The summed E-state index contributed by atoms with van der Waals surface area (Å²) in [5.41, 5.74) is 2.26. The predicted octanol–water partition coefficient (Wildman–Crippen LogP) is 2.43. The lowest BCUT2D eigenvalue weighted by Crippen LogP contribution is -2.47. The van der Waals surface area contributed by atoms with E-state index < -0.39 is 0 Å². The van der Waals surface area contributed by atoms with E-state index in [1.54, 1.807) is 6.20 Å². The molecule has 2 atom stereocenters. The molecule has 110 valence electrons. The summed E-state index contributed by atoms with van der Waals surface area (Å²) in [6, 6.07) is 10.2. The highest BCUT2D eigenvalue weighted by Gasteiger charge is 2.30. The summed E-state index contributed by atoms with van der Waals surface area (Å²) in [4.78, 5) is 14.4. The second-order valence-corrected chi connectivity index (χ2v) is 5.63. The molecule has 0 saturated heterocycles. The van der Waals surface area contributed by atoms with E-state index in [1.807, 2.05) is 47.0 Å². The molecule has 0 saturated carbocycles. The van der Waals surface area contributed by atoms with Crippen LogP contribution in [0.25, 0.3) is 0 Å². The van der Waals surface area contributed by atoms with Crippen molar-refractivity contribution >= 4 is 11.7 Å². The van der Waals surface area contributed by atoms with Crippen LogP contribution in [-0.2, 0) is 13.0 Å². The van der Waals surface area contributed by atoms with Crippen LogP contribution in [0.4, 0.5) is 10.5 Å². The maximum Gasteiger partial charge on any atom is 0.322 e. The molecular weight excluding hydrogens is 264 g/mol. The number of carbonyl (C=O) groups excluding carboxylic acids is 1. The summed E-state index contributed by atoms with van der Waals surface area (Å²) in [5.74, 6) is 0. The third-order valence-electron chi connectivity index (χ3n) is 3.82. The Labute approximate surface area is 124 Å². The first kappa shape index (κ1) is 13.7. The standard InChI is InChI=1S/C16H20N4O/c1-12(11-19-9-5-8-17-19)18-16(21)20-13(2)10-14-6-3-4-7-15(14)20/h3-9,12-13H,10-11H2,1-2H3,(H,18,21)/t12-,13+/m1/s1. The fraction of sp³-hybridized carbons (Fsp3) is 0.375. The summed E-state index contributed by atoms with van der Waals surface area (Å²) in [5, 5.41) is 7.22. The second-order valence-electron chi connectivity index (χ2n) is 5.63. The summed E-state index contributed by atoms with van der Waals surface area (Å²) in [6.45, 7) is 4.74. The number of anilines is 1. The minimum atomic E-state index is -0.0351. The van der Waals surface area contributed by atoms with Crippen molar-refractivity contribution in [1.29, 1.82) is 0 Å². The molecular formula is C16H20N4O. The second kappa shape index (κ2) is 5.60. The smallest absolute Gasteiger partial charge is 0.322 e. The van der Waals surface area contributed by atoms with Crippen LogP contribution in [0.1, 0.15) is 19.4 Å². The molecule has 0 fully saturated rings. The molecule has 5 nitrogen and oxygen atoms in total. The Morgan fingerprint density at radius 1 is 1.43 bits per heavy atom. The van der Waals surface area contributed by atoms with Crippen molar-refractivity contribution < 1.29 is 4.79 Å². The molecule has 3 rings (SSSR count). The summed E-state index contributed by atoms with van der Waals surface area (Å²) in [7, 11) is 0. The minimum absolute atomic E-state index is 0.0253. The Kier molecular flexibility index (Phi) is 3.64. The molecule has 1 aliphatic rings. The van der Waals surface area contributed by atoms with Gasteiger partial charge in [-0.05, 0) is 38.0 Å². The molecule has 0 aliphatic carbocycles. The highest BCUT2D eigenvalue weighted by atomic mass is 16.2. The van der Waals surface area contributed by atoms with Crippen LogP contribution in [0.2, 0.25) is 0 Å². The van der Waals surface area contributed by atoms with Crippen molar-refractivity contribution in [3.8, 4) is 0 Å². The van der Waals surface area contributed by atoms with Gasteiger partial charge in [-0.15, -0.1) is 0 Å². The molecule has 0 unspecified atom stereocenters. The first-order valence-electron chi connectivity index (χ1n) is 7.30. The number of nitrogens with zero attached hydrogens (tertiary/aromatic N) is 3. The lowest BCUT2D eigenvalue weighted by atomic mass is 10.1. The largest absolute Gasteiger partial charge is 0.333 e. The van der Waals surface area contributed by atoms with Crippen LogP contribution in [0.3, 0.4) is 0 Å². The molecule has 1 aromatic heterocycles. The number of benzene rings is 1. The first-order chi connectivity index (χ1) is 10.1. The van der Waals surface area contributed by atoms with E-state index in [0.717, 1.165) is 12.1 Å². The molecule has 1 aromatic carbocycles. The Balaban J connectivity index is 1.68. The maximum absolute atomic E-state index is 12.5. The van der Waals surface area contributed by atoms with Crippen molar-refractivity contribution in [3.63, 3.8) is 0 Å². The lowest BCUT2D eigenvalue weighted by Gasteiger charge is -2.25. The fourth-order valence-electron chi connectivity index (χ4n) is 2.89. The van der Waals surface area contributed by atoms with E-state index in [2.05, 4.69) is 23.4 Å². The molecule has 5 heteroatoms. The van der Waals surface area contributed by atoms with E-state index in [1.165, 1.54) is 5.56 Å². The highest BCUT2D eigenvalue weighted by Crippen LogP contribution is 2.31. The number of urea groups is 1. The van der Waals surface area contributed by atoms with Crippen LogP contribution in [-0.4, -0.2) is 27.9 Å². The zero-order chi connectivity index (χ0) is 14.8. The number of hydrogen-bond acceptors (Lipinski definition) is 2. The molecule has 2 aromatic rings. The summed E-state index contributed by atoms with van der Waals surface area (Å²) in [6.07, 6.45) is 4.56. The van der Waals surface area contributed by atoms with Gasteiger partial charge in [0.2, 0.25) is 0 Å². The van der Waals surface area contributed by atoms with E-state index in [9.17, 15) is 4.79 Å². The molecule has 0 spiro atoms. The number of para-hydroxylation sites is 1. The van der Waals surface area contributed by atoms with Gasteiger partial charge in [-0.25, -0.2) is 4.79 Å². The van der Waals surface area contributed by atoms with E-state index in [-0.39, 0.29) is 18.1 Å². The van der Waals surface area contributed by atoms with Crippen molar-refractivity contribution in [2.45, 2.75) is 38.9 Å². The van der Waals surface area contributed by atoms with Crippen LogP contribution in [0, 0.1) is 0 Å². The minimum Gasteiger partial charge on any atom is -0.333 e. The van der Waals surface area contributed by atoms with E-state index >= 15 is 0 Å². The number of aromatic nitrogens is 2. The third-order valence-corrected chi connectivity index (χ3v) is 3.82. The average Bonchev–Trinajstić information content (AvgIpc) is 3.04. The van der Waals surface area contributed by atoms with E-state index in [4.69, 9.17) is 0 Å². The van der Waals surface area contributed by atoms with Crippen molar-refractivity contribution in [3.05, 3.63) is 48.3 Å². The Hall–Kier alpha value is -2.30. The molecule has 1 aliphatic heterocycles. The number of rotatable bonds is 3. The van der Waals surface area contributed by atoms with Crippen LogP contribution in [0.5, 0.6) is 0 Å². The quantitative estimate of drug-likeness (QED) is 0.941. The van der Waals surface area contributed by atoms with Gasteiger partial charge in [-0.1, -0.05) is 18.2 Å². The zero-order valence-electron chi connectivity index (χ0n) is 12.4. The topological polar surface area (TPSA) is 50.2 Å². The lowest BCUT2D eigenvalue weighted by molar-refractivity contribution is 0.240. The third kappa shape index (κ3) is 2.77. The number of carbonyl (C=O) groups is 1. The fourth-order valence-corrected chi connectivity index (χ4v) is 2.89. The van der Waals surface area contributed by atoms with E-state index in [0.29, 0.717) is 6.54 Å².